The number of halogens is 1. The highest BCUT2D eigenvalue weighted by Crippen LogP contribution is 2.53. The van der Waals surface area contributed by atoms with Gasteiger partial charge in [0.1, 0.15) is 11.6 Å². The molecule has 5 nitrogen and oxygen atoms in total. The van der Waals surface area contributed by atoms with Crippen LogP contribution in [0.3, 0.4) is 0 Å². The molecule has 2 N–H and O–H groups in total. The summed E-state index contributed by atoms with van der Waals surface area (Å²) in [5.74, 6) is 0.213. The number of carbonyl (C=O) groups excluding carboxylic acids is 2. The van der Waals surface area contributed by atoms with Gasteiger partial charge in [-0.2, -0.15) is 0 Å². The zero-order valence-electron chi connectivity index (χ0n) is 13.4. The normalized spacial score (nSPS) is 22.6. The maximum Gasteiger partial charge on any atom is 0.226 e. The molecule has 0 unspecified atom stereocenters. The number of H-pyrrole nitrogens is 1. The van der Waals surface area contributed by atoms with Crippen LogP contribution in [0.4, 0.5) is 10.3 Å². The number of carbonyl (C=O) groups is 2. The Bertz CT molecular complexity index is 781. The molecule has 0 aliphatic heterocycles. The van der Waals surface area contributed by atoms with Gasteiger partial charge in [0.25, 0.3) is 0 Å². The first-order valence-electron chi connectivity index (χ1n) is 7.73. The summed E-state index contributed by atoms with van der Waals surface area (Å²) in [6, 6.07) is 4.22. The second-order valence-electron chi connectivity index (χ2n) is 6.92. The van der Waals surface area contributed by atoms with Crippen LogP contribution in [0.15, 0.2) is 18.2 Å². The van der Waals surface area contributed by atoms with Crippen molar-refractivity contribution in [2.24, 2.45) is 17.3 Å². The molecule has 1 heterocycles. The first-order chi connectivity index (χ1) is 10.8. The maximum absolute atomic E-state index is 13.2. The summed E-state index contributed by atoms with van der Waals surface area (Å²) < 4.78 is 13.2. The number of nitrogens with zero attached hydrogens (tertiary/aromatic N) is 1. The fourth-order valence-corrected chi connectivity index (χ4v) is 3.50. The Morgan fingerprint density at radius 3 is 2.83 bits per heavy atom. The van der Waals surface area contributed by atoms with Gasteiger partial charge < -0.3 is 4.98 Å². The second kappa shape index (κ2) is 5.44. The number of ketones is 1. The SMILES string of the molecule is CC(=O)[C@@H]1C[C@H](CC(=O)Nc2nc3ccc(F)cc3[nH]2)C1(C)C. The highest BCUT2D eigenvalue weighted by molar-refractivity contribution is 5.91. The van der Waals surface area contributed by atoms with E-state index in [-0.39, 0.29) is 34.8 Å². The fraction of sp³-hybridized carbons (Fsp3) is 0.471. The summed E-state index contributed by atoms with van der Waals surface area (Å²) in [5.41, 5.74) is 0.989. The minimum absolute atomic E-state index is 0.0366. The van der Waals surface area contributed by atoms with Crippen molar-refractivity contribution < 1.29 is 14.0 Å². The number of aromatic nitrogens is 2. The Hall–Kier alpha value is -2.24. The zero-order chi connectivity index (χ0) is 16.8. The Morgan fingerprint density at radius 2 is 2.17 bits per heavy atom. The predicted octanol–water partition coefficient (Wildman–Crippen LogP) is 3.28. The van der Waals surface area contributed by atoms with E-state index in [0.717, 1.165) is 6.42 Å². The van der Waals surface area contributed by atoms with E-state index < -0.39 is 0 Å². The third kappa shape index (κ3) is 2.85. The number of benzene rings is 1. The molecule has 1 aromatic carbocycles. The molecule has 6 heteroatoms. The predicted molar refractivity (Wildman–Crippen MR) is 85.4 cm³/mol. The maximum atomic E-state index is 13.2. The Balaban J connectivity index is 1.64. The van der Waals surface area contributed by atoms with Crippen molar-refractivity contribution in [3.05, 3.63) is 24.0 Å². The Kier molecular flexibility index (Phi) is 3.70. The average molecular weight is 317 g/mol. The zero-order valence-corrected chi connectivity index (χ0v) is 13.4. The third-order valence-corrected chi connectivity index (χ3v) is 5.09. The lowest BCUT2D eigenvalue weighted by molar-refractivity contribution is -0.139. The molecule has 1 aliphatic rings. The number of Topliss-reactive ketones (excluding diaryl/α,β-unsaturated/α-hetero) is 1. The lowest BCUT2D eigenvalue weighted by atomic mass is 9.52. The number of fused-ring (bicyclic) bond motifs is 1. The van der Waals surface area contributed by atoms with Crippen molar-refractivity contribution >= 4 is 28.7 Å². The number of hydrogen-bond donors (Lipinski definition) is 2. The highest BCUT2D eigenvalue weighted by atomic mass is 19.1. The standard InChI is InChI=1S/C17H20FN3O2/c1-9(22)12-6-10(17(12,2)3)7-15(23)21-16-19-13-5-4-11(18)8-14(13)20-16/h4-5,8,10,12H,6-7H2,1-3H3,(H2,19,20,21,23)/t10-,12+/m1/s1. The molecule has 0 saturated heterocycles. The van der Waals surface area contributed by atoms with Crippen molar-refractivity contribution in [2.45, 2.75) is 33.6 Å². The van der Waals surface area contributed by atoms with Crippen LogP contribution >= 0.6 is 0 Å². The van der Waals surface area contributed by atoms with Gasteiger partial charge in [0.05, 0.1) is 11.0 Å². The molecule has 2 atom stereocenters. The third-order valence-electron chi connectivity index (χ3n) is 5.09. The quantitative estimate of drug-likeness (QED) is 0.908. The van der Waals surface area contributed by atoms with Gasteiger partial charge in [0.2, 0.25) is 11.9 Å². The van der Waals surface area contributed by atoms with E-state index in [2.05, 4.69) is 15.3 Å². The molecule has 1 aromatic heterocycles. The smallest absolute Gasteiger partial charge is 0.226 e. The van der Waals surface area contributed by atoms with Crippen LogP contribution in [-0.4, -0.2) is 21.7 Å². The summed E-state index contributed by atoms with van der Waals surface area (Å²) in [6.07, 6.45) is 1.10. The Morgan fingerprint density at radius 1 is 1.43 bits per heavy atom. The molecular weight excluding hydrogens is 297 g/mol. The van der Waals surface area contributed by atoms with Crippen molar-refractivity contribution in [2.75, 3.05) is 5.32 Å². The topological polar surface area (TPSA) is 74.8 Å². The van der Waals surface area contributed by atoms with E-state index in [1.165, 1.54) is 12.1 Å². The molecule has 1 aliphatic carbocycles. The number of amides is 1. The van der Waals surface area contributed by atoms with Crippen LogP contribution in [0.1, 0.15) is 33.6 Å². The number of imidazole rings is 1. The summed E-state index contributed by atoms with van der Waals surface area (Å²) in [4.78, 5) is 30.8. The monoisotopic (exact) mass is 317 g/mol. The van der Waals surface area contributed by atoms with Crippen LogP contribution in [0.2, 0.25) is 0 Å². The summed E-state index contributed by atoms with van der Waals surface area (Å²) >= 11 is 0. The average Bonchev–Trinajstić information content (AvgIpc) is 2.83. The summed E-state index contributed by atoms with van der Waals surface area (Å²) in [6.45, 7) is 5.67. The van der Waals surface area contributed by atoms with Crippen LogP contribution in [0.5, 0.6) is 0 Å². The van der Waals surface area contributed by atoms with E-state index >= 15 is 0 Å². The van der Waals surface area contributed by atoms with Gasteiger partial charge in [-0.25, -0.2) is 9.37 Å². The fourth-order valence-electron chi connectivity index (χ4n) is 3.50. The molecule has 1 saturated carbocycles. The molecular formula is C17H20FN3O2. The van der Waals surface area contributed by atoms with Crippen molar-refractivity contribution in [1.82, 2.24) is 9.97 Å². The van der Waals surface area contributed by atoms with Crippen molar-refractivity contribution in [1.29, 1.82) is 0 Å². The minimum atomic E-state index is -0.356. The molecule has 23 heavy (non-hydrogen) atoms. The minimum Gasteiger partial charge on any atom is -0.324 e. The number of anilines is 1. The lowest BCUT2D eigenvalue weighted by Crippen LogP contribution is -2.49. The molecule has 0 spiro atoms. The first kappa shape index (κ1) is 15.6. The largest absolute Gasteiger partial charge is 0.324 e. The van der Waals surface area contributed by atoms with Gasteiger partial charge in [-0.05, 0) is 42.9 Å². The highest BCUT2D eigenvalue weighted by Gasteiger charge is 2.50. The van der Waals surface area contributed by atoms with E-state index in [1.807, 2.05) is 13.8 Å². The number of aromatic amines is 1. The molecule has 1 amide bonds. The van der Waals surface area contributed by atoms with Crippen molar-refractivity contribution in [3.8, 4) is 0 Å². The molecule has 0 bridgehead atoms. The van der Waals surface area contributed by atoms with Gasteiger partial charge in [-0.3, -0.25) is 14.9 Å². The van der Waals surface area contributed by atoms with Gasteiger partial charge >= 0.3 is 0 Å². The van der Waals surface area contributed by atoms with Gasteiger partial charge in [0, 0.05) is 12.3 Å². The van der Waals surface area contributed by atoms with E-state index in [4.69, 9.17) is 0 Å². The van der Waals surface area contributed by atoms with E-state index in [0.29, 0.717) is 23.4 Å². The van der Waals surface area contributed by atoms with Gasteiger partial charge in [0.15, 0.2) is 0 Å². The molecule has 0 radical (unpaired) electrons. The van der Waals surface area contributed by atoms with Crippen LogP contribution in [0.25, 0.3) is 11.0 Å². The number of nitrogens with one attached hydrogen (secondary N) is 2. The van der Waals surface area contributed by atoms with Gasteiger partial charge in [-0.1, -0.05) is 13.8 Å². The van der Waals surface area contributed by atoms with Crippen LogP contribution < -0.4 is 5.32 Å². The first-order valence-corrected chi connectivity index (χ1v) is 7.73. The molecule has 1 fully saturated rings. The molecule has 3 rings (SSSR count). The second-order valence-corrected chi connectivity index (χ2v) is 6.92. The lowest BCUT2D eigenvalue weighted by Gasteiger charge is -2.51. The van der Waals surface area contributed by atoms with Crippen LogP contribution in [-0.2, 0) is 9.59 Å². The molecule has 122 valence electrons. The summed E-state index contributed by atoms with van der Waals surface area (Å²) in [7, 11) is 0. The molecule has 2 aromatic rings. The van der Waals surface area contributed by atoms with Gasteiger partial charge in [-0.15, -0.1) is 0 Å². The van der Waals surface area contributed by atoms with Crippen molar-refractivity contribution in [3.63, 3.8) is 0 Å². The Labute approximate surface area is 133 Å². The van der Waals surface area contributed by atoms with E-state index in [1.54, 1.807) is 13.0 Å². The van der Waals surface area contributed by atoms with E-state index in [9.17, 15) is 14.0 Å². The van der Waals surface area contributed by atoms with Crippen LogP contribution in [0, 0.1) is 23.1 Å². The summed E-state index contributed by atoms with van der Waals surface area (Å²) in [5, 5.41) is 2.72. The number of rotatable bonds is 4. The number of hydrogen-bond acceptors (Lipinski definition) is 3.